The molecule has 1 heterocycles. The van der Waals surface area contributed by atoms with E-state index in [4.69, 9.17) is 5.73 Å². The molecule has 0 aliphatic carbocycles. The van der Waals surface area contributed by atoms with E-state index in [1.165, 1.54) is 24.3 Å². The summed E-state index contributed by atoms with van der Waals surface area (Å²) in [5.74, 6) is -4.22. The van der Waals surface area contributed by atoms with Crippen LogP contribution in [0.15, 0.2) is 24.3 Å². The number of rotatable bonds is 4. The summed E-state index contributed by atoms with van der Waals surface area (Å²) in [6.45, 7) is -1.29. The summed E-state index contributed by atoms with van der Waals surface area (Å²) in [6, 6.07) is 6.08. The molecule has 0 bridgehead atoms. The van der Waals surface area contributed by atoms with Gasteiger partial charge in [0.25, 0.3) is 0 Å². The van der Waals surface area contributed by atoms with Crippen LogP contribution in [0.2, 0.25) is 0 Å². The van der Waals surface area contributed by atoms with Crippen molar-refractivity contribution in [3.05, 3.63) is 24.3 Å². The Morgan fingerprint density at radius 3 is 2.42 bits per heavy atom. The average Bonchev–Trinajstić information content (AvgIpc) is 2.77. The second kappa shape index (κ2) is 4.82. The lowest BCUT2D eigenvalue weighted by Gasteiger charge is -2.15. The van der Waals surface area contributed by atoms with Gasteiger partial charge in [-0.2, -0.15) is 8.78 Å². The van der Waals surface area contributed by atoms with Gasteiger partial charge in [0.05, 0.1) is 0 Å². The number of hydrogen-bond acceptors (Lipinski definition) is 4. The van der Waals surface area contributed by atoms with Gasteiger partial charge in [-0.3, -0.25) is 0 Å². The maximum absolute atomic E-state index is 13.0. The van der Waals surface area contributed by atoms with Crippen LogP contribution in [-0.2, 0) is 6.54 Å². The molecule has 0 atom stereocenters. The van der Waals surface area contributed by atoms with Crippen LogP contribution in [-0.4, -0.2) is 32.6 Å². The standard InChI is InChI=1S/C10H9F4N5/c11-9(12)10(13,14)5-19-8(16-17-18-19)6-1-3-7(15)4-2-6/h1-4,9H,5,15H2. The van der Waals surface area contributed by atoms with Crippen molar-refractivity contribution in [2.45, 2.75) is 18.9 Å². The zero-order chi connectivity index (χ0) is 14.0. The summed E-state index contributed by atoms with van der Waals surface area (Å²) in [6.07, 6.45) is -3.78. The van der Waals surface area contributed by atoms with E-state index in [1.807, 2.05) is 0 Å². The summed E-state index contributed by atoms with van der Waals surface area (Å²) < 4.78 is 50.9. The number of hydrogen-bond donors (Lipinski definition) is 1. The molecule has 0 saturated heterocycles. The van der Waals surface area contributed by atoms with Gasteiger partial charge in [0, 0.05) is 11.3 Å². The average molecular weight is 275 g/mol. The Hall–Kier alpha value is -2.19. The van der Waals surface area contributed by atoms with Crippen molar-refractivity contribution in [1.82, 2.24) is 20.2 Å². The van der Waals surface area contributed by atoms with Crippen molar-refractivity contribution in [3.63, 3.8) is 0 Å². The van der Waals surface area contributed by atoms with Crippen molar-refractivity contribution >= 4 is 5.69 Å². The normalized spacial score (nSPS) is 12.1. The smallest absolute Gasteiger partial charge is 0.326 e. The van der Waals surface area contributed by atoms with Gasteiger partial charge in [0.1, 0.15) is 6.54 Å². The van der Waals surface area contributed by atoms with Gasteiger partial charge in [-0.15, -0.1) is 5.10 Å². The lowest BCUT2D eigenvalue weighted by molar-refractivity contribution is -0.139. The number of tetrazole rings is 1. The van der Waals surface area contributed by atoms with E-state index in [-0.39, 0.29) is 5.82 Å². The summed E-state index contributed by atoms with van der Waals surface area (Å²) >= 11 is 0. The molecule has 0 aliphatic heterocycles. The molecule has 0 fully saturated rings. The zero-order valence-electron chi connectivity index (χ0n) is 9.47. The lowest BCUT2D eigenvalue weighted by atomic mass is 10.2. The van der Waals surface area contributed by atoms with E-state index in [0.717, 1.165) is 0 Å². The lowest BCUT2D eigenvalue weighted by Crippen LogP contribution is -2.32. The minimum absolute atomic E-state index is 0.0275. The van der Waals surface area contributed by atoms with Gasteiger partial charge in [-0.1, -0.05) is 0 Å². The fourth-order valence-electron chi connectivity index (χ4n) is 1.42. The first-order valence-corrected chi connectivity index (χ1v) is 5.18. The van der Waals surface area contributed by atoms with E-state index >= 15 is 0 Å². The van der Waals surface area contributed by atoms with Crippen LogP contribution in [0.1, 0.15) is 0 Å². The number of anilines is 1. The van der Waals surface area contributed by atoms with Crippen LogP contribution in [0.3, 0.4) is 0 Å². The molecule has 0 saturated carbocycles. The molecule has 5 nitrogen and oxygen atoms in total. The van der Waals surface area contributed by atoms with Gasteiger partial charge >= 0.3 is 12.3 Å². The fourth-order valence-corrected chi connectivity index (χ4v) is 1.42. The molecule has 0 amide bonds. The maximum Gasteiger partial charge on any atom is 0.326 e. The predicted octanol–water partition coefficient (Wildman–Crippen LogP) is 1.82. The Labute approximate surface area is 105 Å². The zero-order valence-corrected chi connectivity index (χ0v) is 9.47. The molecule has 0 unspecified atom stereocenters. The minimum atomic E-state index is -4.20. The minimum Gasteiger partial charge on any atom is -0.399 e. The highest BCUT2D eigenvalue weighted by molar-refractivity contribution is 5.58. The van der Waals surface area contributed by atoms with E-state index in [2.05, 4.69) is 15.5 Å². The number of nitrogens with zero attached hydrogens (tertiary/aromatic N) is 4. The first-order chi connectivity index (χ1) is 8.90. The summed E-state index contributed by atoms with van der Waals surface area (Å²) in [5.41, 5.74) is 6.36. The van der Waals surface area contributed by atoms with Crippen molar-refractivity contribution < 1.29 is 17.6 Å². The largest absolute Gasteiger partial charge is 0.399 e. The summed E-state index contributed by atoms with van der Waals surface area (Å²) in [7, 11) is 0. The molecular weight excluding hydrogens is 266 g/mol. The molecule has 0 radical (unpaired) electrons. The van der Waals surface area contributed by atoms with Gasteiger partial charge in [-0.05, 0) is 34.7 Å². The molecule has 102 valence electrons. The molecular formula is C10H9F4N5. The highest BCUT2D eigenvalue weighted by Crippen LogP contribution is 2.26. The second-order valence-electron chi connectivity index (χ2n) is 3.84. The molecule has 19 heavy (non-hydrogen) atoms. The van der Waals surface area contributed by atoms with Crippen LogP contribution < -0.4 is 5.73 Å². The van der Waals surface area contributed by atoms with E-state index in [1.54, 1.807) is 0 Å². The maximum atomic E-state index is 13.0. The van der Waals surface area contributed by atoms with Gasteiger partial charge in [0.2, 0.25) is 0 Å². The first kappa shape index (κ1) is 13.2. The van der Waals surface area contributed by atoms with Gasteiger partial charge < -0.3 is 5.73 Å². The molecule has 2 aromatic rings. The molecule has 0 spiro atoms. The van der Waals surface area contributed by atoms with Crippen LogP contribution in [0.25, 0.3) is 11.4 Å². The molecule has 2 rings (SSSR count). The molecule has 0 aliphatic rings. The number of alkyl halides is 4. The van der Waals surface area contributed by atoms with Gasteiger partial charge in [-0.25, -0.2) is 13.5 Å². The highest BCUT2D eigenvalue weighted by atomic mass is 19.3. The number of aromatic nitrogens is 4. The molecule has 9 heteroatoms. The molecule has 1 aromatic carbocycles. The number of nitrogen functional groups attached to an aromatic ring is 1. The second-order valence-corrected chi connectivity index (χ2v) is 3.84. The van der Waals surface area contributed by atoms with Crippen molar-refractivity contribution in [1.29, 1.82) is 0 Å². The van der Waals surface area contributed by atoms with Crippen LogP contribution in [0, 0.1) is 0 Å². The van der Waals surface area contributed by atoms with E-state index in [0.29, 0.717) is 15.9 Å². The van der Waals surface area contributed by atoms with Crippen LogP contribution in [0.4, 0.5) is 23.2 Å². The highest BCUT2D eigenvalue weighted by Gasteiger charge is 2.42. The Morgan fingerprint density at radius 2 is 1.84 bits per heavy atom. The van der Waals surface area contributed by atoms with E-state index in [9.17, 15) is 17.6 Å². The summed E-state index contributed by atoms with van der Waals surface area (Å²) in [4.78, 5) is 0. The third-order valence-electron chi connectivity index (χ3n) is 2.38. The van der Waals surface area contributed by atoms with Crippen molar-refractivity contribution in [2.75, 3.05) is 5.73 Å². The van der Waals surface area contributed by atoms with E-state index < -0.39 is 18.9 Å². The van der Waals surface area contributed by atoms with Gasteiger partial charge in [0.15, 0.2) is 5.82 Å². The Kier molecular flexibility index (Phi) is 3.36. The Balaban J connectivity index is 2.30. The molecule has 2 N–H and O–H groups in total. The topological polar surface area (TPSA) is 69.6 Å². The third-order valence-corrected chi connectivity index (χ3v) is 2.38. The van der Waals surface area contributed by atoms with Crippen LogP contribution in [0.5, 0.6) is 0 Å². The monoisotopic (exact) mass is 275 g/mol. The predicted molar refractivity (Wildman–Crippen MR) is 58.6 cm³/mol. The molecule has 1 aromatic heterocycles. The Morgan fingerprint density at radius 1 is 1.21 bits per heavy atom. The number of halogens is 4. The SMILES string of the molecule is Nc1ccc(-c2nnnn2CC(F)(F)C(F)F)cc1. The number of nitrogens with two attached hydrogens (primary N) is 1. The van der Waals surface area contributed by atoms with Crippen molar-refractivity contribution in [3.8, 4) is 11.4 Å². The van der Waals surface area contributed by atoms with Crippen molar-refractivity contribution in [2.24, 2.45) is 0 Å². The third kappa shape index (κ3) is 2.80. The quantitative estimate of drug-likeness (QED) is 0.682. The summed E-state index contributed by atoms with van der Waals surface area (Å²) in [5, 5.41) is 10.1. The van der Waals surface area contributed by atoms with Crippen LogP contribution >= 0.6 is 0 Å². The fraction of sp³-hybridized carbons (Fsp3) is 0.300. The first-order valence-electron chi connectivity index (χ1n) is 5.18. The number of benzene rings is 1. The Bertz CT molecular complexity index is 551.